The fourth-order valence-electron chi connectivity index (χ4n) is 3.77. The maximum absolute atomic E-state index is 12.7. The zero-order valence-electron chi connectivity index (χ0n) is 17.9. The molecule has 0 spiro atoms. The van der Waals surface area contributed by atoms with E-state index in [-0.39, 0.29) is 29.5 Å². The molecule has 32 heavy (non-hydrogen) atoms. The van der Waals surface area contributed by atoms with Gasteiger partial charge in [0.2, 0.25) is 15.9 Å². The first-order valence-electron chi connectivity index (χ1n) is 10.5. The minimum Gasteiger partial charge on any atom is -0.408 e. The number of piperazine rings is 1. The van der Waals surface area contributed by atoms with Crippen LogP contribution in [0.15, 0.2) is 62.6 Å². The second kappa shape index (κ2) is 9.27. The molecule has 1 aromatic heterocycles. The Morgan fingerprint density at radius 3 is 2.47 bits per heavy atom. The highest BCUT2D eigenvalue weighted by Crippen LogP contribution is 2.19. The monoisotopic (exact) mass is 458 g/mol. The van der Waals surface area contributed by atoms with Gasteiger partial charge in [-0.05, 0) is 24.2 Å². The molecular formula is C22H26N4O5S. The predicted molar refractivity (Wildman–Crippen MR) is 120 cm³/mol. The Bertz CT molecular complexity index is 1260. The third-order valence-electron chi connectivity index (χ3n) is 5.72. The molecule has 10 heteroatoms. The van der Waals surface area contributed by atoms with Gasteiger partial charge < -0.3 is 14.2 Å². The summed E-state index contributed by atoms with van der Waals surface area (Å²) in [6.45, 7) is 5.88. The smallest absolute Gasteiger partial charge is 0.408 e. The first-order valence-corrected chi connectivity index (χ1v) is 12.0. The van der Waals surface area contributed by atoms with Gasteiger partial charge in [-0.1, -0.05) is 37.3 Å². The normalized spacial score (nSPS) is 15.3. The van der Waals surface area contributed by atoms with Crippen LogP contribution in [0.3, 0.4) is 0 Å². The van der Waals surface area contributed by atoms with Gasteiger partial charge in [-0.2, -0.15) is 0 Å². The fourth-order valence-corrected chi connectivity index (χ4v) is 4.80. The molecule has 1 amide bonds. The summed E-state index contributed by atoms with van der Waals surface area (Å²) in [4.78, 5) is 29.1. The average molecular weight is 459 g/mol. The van der Waals surface area contributed by atoms with Gasteiger partial charge in [0, 0.05) is 38.8 Å². The summed E-state index contributed by atoms with van der Waals surface area (Å²) in [6, 6.07) is 13.4. The fraction of sp³-hybridized carbons (Fsp3) is 0.364. The van der Waals surface area contributed by atoms with Crippen LogP contribution in [0.25, 0.3) is 11.1 Å². The highest BCUT2D eigenvalue weighted by Gasteiger charge is 2.23. The van der Waals surface area contributed by atoms with Crippen LogP contribution in [0.4, 0.5) is 0 Å². The Morgan fingerprint density at radius 1 is 1.06 bits per heavy atom. The first-order chi connectivity index (χ1) is 15.4. The summed E-state index contributed by atoms with van der Waals surface area (Å²) in [6.07, 6.45) is 0. The zero-order chi connectivity index (χ0) is 22.7. The number of sulfonamides is 1. The second-order valence-electron chi connectivity index (χ2n) is 7.71. The zero-order valence-corrected chi connectivity index (χ0v) is 18.7. The van der Waals surface area contributed by atoms with E-state index < -0.39 is 15.8 Å². The van der Waals surface area contributed by atoms with Crippen molar-refractivity contribution in [3.63, 3.8) is 0 Å². The summed E-state index contributed by atoms with van der Waals surface area (Å²) in [5.41, 5.74) is 1.34. The Hall–Kier alpha value is -2.95. The number of oxazole rings is 1. The third kappa shape index (κ3) is 4.77. The Kier molecular flexibility index (Phi) is 6.45. The van der Waals surface area contributed by atoms with Crippen molar-refractivity contribution in [2.45, 2.75) is 24.9 Å². The first kappa shape index (κ1) is 22.3. The van der Waals surface area contributed by atoms with E-state index in [1.807, 2.05) is 30.3 Å². The molecule has 9 nitrogen and oxygen atoms in total. The van der Waals surface area contributed by atoms with Crippen LogP contribution in [0.5, 0.6) is 0 Å². The van der Waals surface area contributed by atoms with Gasteiger partial charge in [0.1, 0.15) is 6.54 Å². The lowest BCUT2D eigenvalue weighted by Gasteiger charge is -2.34. The van der Waals surface area contributed by atoms with Crippen molar-refractivity contribution in [3.05, 3.63) is 64.6 Å². The molecule has 1 N–H and O–H groups in total. The number of nitrogens with zero attached hydrogens (tertiary/aromatic N) is 3. The van der Waals surface area contributed by atoms with Gasteiger partial charge in [0.25, 0.3) is 0 Å². The van der Waals surface area contributed by atoms with E-state index in [0.717, 1.165) is 25.2 Å². The maximum atomic E-state index is 12.7. The molecular weight excluding hydrogens is 432 g/mol. The van der Waals surface area contributed by atoms with Crippen molar-refractivity contribution in [3.8, 4) is 0 Å². The van der Waals surface area contributed by atoms with E-state index in [1.165, 1.54) is 22.8 Å². The van der Waals surface area contributed by atoms with Gasteiger partial charge in [-0.3, -0.25) is 9.36 Å². The highest BCUT2D eigenvalue weighted by molar-refractivity contribution is 7.89. The number of likely N-dealkylation sites (N-methyl/N-ethyl adjacent to an activating group) is 1. The molecule has 2 aromatic carbocycles. The maximum Gasteiger partial charge on any atom is 0.420 e. The lowest BCUT2D eigenvalue weighted by atomic mass is 10.2. The number of rotatable bonds is 7. The lowest BCUT2D eigenvalue weighted by Crippen LogP contribution is -2.49. The van der Waals surface area contributed by atoms with E-state index in [2.05, 4.69) is 16.5 Å². The predicted octanol–water partition coefficient (Wildman–Crippen LogP) is 1.24. The van der Waals surface area contributed by atoms with E-state index in [1.54, 1.807) is 4.90 Å². The Morgan fingerprint density at radius 2 is 1.78 bits per heavy atom. The molecule has 0 atom stereocenters. The molecule has 1 aliphatic heterocycles. The number of aromatic nitrogens is 1. The van der Waals surface area contributed by atoms with Crippen LogP contribution in [-0.2, 0) is 27.9 Å². The Balaban J connectivity index is 1.50. The van der Waals surface area contributed by atoms with Gasteiger partial charge in [0.05, 0.1) is 10.4 Å². The summed E-state index contributed by atoms with van der Waals surface area (Å²) in [7, 11) is -3.80. The number of carbonyl (C=O) groups is 1. The van der Waals surface area contributed by atoms with Gasteiger partial charge in [-0.25, -0.2) is 17.9 Å². The van der Waals surface area contributed by atoms with Crippen molar-refractivity contribution in [1.82, 2.24) is 19.1 Å². The van der Waals surface area contributed by atoms with E-state index >= 15 is 0 Å². The summed E-state index contributed by atoms with van der Waals surface area (Å²) in [5.74, 6) is -0.848. The molecule has 3 aromatic rings. The molecule has 170 valence electrons. The highest BCUT2D eigenvalue weighted by atomic mass is 32.2. The summed E-state index contributed by atoms with van der Waals surface area (Å²) >= 11 is 0. The topological polar surface area (TPSA) is 105 Å². The van der Waals surface area contributed by atoms with Crippen molar-refractivity contribution in [1.29, 1.82) is 0 Å². The standard InChI is InChI=1S/C22H26N4O5S/c1-2-24-10-12-25(13-11-24)21(27)16-26-19-9-8-18(14-20(19)31-22(26)28)32(29,30)23-15-17-6-4-3-5-7-17/h3-9,14,23H,2,10-13,15-16H2,1H3. The van der Waals surface area contributed by atoms with Gasteiger partial charge in [-0.15, -0.1) is 0 Å². The number of carbonyl (C=O) groups excluding carboxylic acids is 1. The van der Waals surface area contributed by atoms with E-state index in [9.17, 15) is 18.0 Å². The summed E-state index contributed by atoms with van der Waals surface area (Å²) < 4.78 is 34.4. The Labute approximate surface area is 186 Å². The SMILES string of the molecule is CCN1CCN(C(=O)Cn2c(=O)oc3cc(S(=O)(=O)NCc4ccccc4)ccc32)CC1. The van der Waals surface area contributed by atoms with Crippen LogP contribution in [-0.4, -0.2) is 61.4 Å². The molecule has 0 radical (unpaired) electrons. The van der Waals surface area contributed by atoms with Crippen LogP contribution in [0.1, 0.15) is 12.5 Å². The van der Waals surface area contributed by atoms with Crippen LogP contribution in [0, 0.1) is 0 Å². The average Bonchev–Trinajstić information content (AvgIpc) is 3.12. The van der Waals surface area contributed by atoms with Crippen molar-refractivity contribution in [2.75, 3.05) is 32.7 Å². The van der Waals surface area contributed by atoms with E-state index in [0.29, 0.717) is 18.6 Å². The van der Waals surface area contributed by atoms with Crippen molar-refractivity contribution in [2.24, 2.45) is 0 Å². The molecule has 2 heterocycles. The van der Waals surface area contributed by atoms with Crippen LogP contribution >= 0.6 is 0 Å². The minimum absolute atomic E-state index is 0.0103. The molecule has 0 unspecified atom stereocenters. The molecule has 0 aliphatic carbocycles. The lowest BCUT2D eigenvalue weighted by molar-refractivity contribution is -0.133. The number of benzene rings is 2. The van der Waals surface area contributed by atoms with Gasteiger partial charge in [0.15, 0.2) is 5.58 Å². The summed E-state index contributed by atoms with van der Waals surface area (Å²) in [5, 5.41) is 0. The number of amides is 1. The van der Waals surface area contributed by atoms with Crippen LogP contribution < -0.4 is 10.5 Å². The number of fused-ring (bicyclic) bond motifs is 1. The number of nitrogens with one attached hydrogen (secondary N) is 1. The molecule has 1 saturated heterocycles. The molecule has 1 aliphatic rings. The molecule has 4 rings (SSSR count). The number of hydrogen-bond acceptors (Lipinski definition) is 6. The molecule has 0 bridgehead atoms. The van der Waals surface area contributed by atoms with Crippen molar-refractivity contribution < 1.29 is 17.6 Å². The van der Waals surface area contributed by atoms with Crippen molar-refractivity contribution >= 4 is 27.0 Å². The largest absolute Gasteiger partial charge is 0.420 e. The molecule has 1 fully saturated rings. The minimum atomic E-state index is -3.80. The quantitative estimate of drug-likeness (QED) is 0.571. The van der Waals surface area contributed by atoms with E-state index in [4.69, 9.17) is 4.42 Å². The molecule has 0 saturated carbocycles. The number of hydrogen-bond donors (Lipinski definition) is 1. The van der Waals surface area contributed by atoms with Crippen LogP contribution in [0.2, 0.25) is 0 Å². The van der Waals surface area contributed by atoms with Gasteiger partial charge >= 0.3 is 5.76 Å². The third-order valence-corrected chi connectivity index (χ3v) is 7.12. The second-order valence-corrected chi connectivity index (χ2v) is 9.48.